The molecule has 0 heterocycles. The third-order valence-corrected chi connectivity index (χ3v) is 2.46. The van der Waals surface area contributed by atoms with E-state index in [9.17, 15) is 9.18 Å². The molecule has 0 radical (unpaired) electrons. The van der Waals surface area contributed by atoms with Crippen LogP contribution < -0.4 is 4.74 Å². The van der Waals surface area contributed by atoms with E-state index in [1.54, 1.807) is 0 Å². The van der Waals surface area contributed by atoms with Crippen LogP contribution in [0.3, 0.4) is 0 Å². The summed E-state index contributed by atoms with van der Waals surface area (Å²) < 4.78 is 18.0. The first-order valence-electron chi connectivity index (χ1n) is 5.03. The molecule has 0 saturated carbocycles. The molecule has 3 nitrogen and oxygen atoms in total. The van der Waals surface area contributed by atoms with Gasteiger partial charge in [-0.2, -0.15) is 0 Å². The standard InChI is InChI=1S/C12H15FO3/c1-7(2)11(12(14)15)9-5-4-8(13)6-10(9)16-3/h4-7,11H,1-3H3,(H,14,15). The first-order chi connectivity index (χ1) is 7.47. The molecule has 0 saturated heterocycles. The fraction of sp³-hybridized carbons (Fsp3) is 0.417. The Kier molecular flexibility index (Phi) is 3.88. The summed E-state index contributed by atoms with van der Waals surface area (Å²) in [7, 11) is 1.40. The molecule has 0 fully saturated rings. The molecule has 88 valence electrons. The monoisotopic (exact) mass is 226 g/mol. The van der Waals surface area contributed by atoms with Crippen LogP contribution >= 0.6 is 0 Å². The van der Waals surface area contributed by atoms with E-state index in [0.717, 1.165) is 0 Å². The number of ether oxygens (including phenoxy) is 1. The molecule has 0 aliphatic rings. The van der Waals surface area contributed by atoms with Crippen molar-refractivity contribution in [3.8, 4) is 5.75 Å². The molecule has 1 aromatic rings. The van der Waals surface area contributed by atoms with Gasteiger partial charge in [-0.15, -0.1) is 0 Å². The zero-order valence-corrected chi connectivity index (χ0v) is 9.53. The van der Waals surface area contributed by atoms with E-state index >= 15 is 0 Å². The van der Waals surface area contributed by atoms with Crippen LogP contribution in [0.4, 0.5) is 4.39 Å². The van der Waals surface area contributed by atoms with Crippen molar-refractivity contribution in [1.82, 2.24) is 0 Å². The van der Waals surface area contributed by atoms with Gasteiger partial charge in [0, 0.05) is 11.6 Å². The lowest BCUT2D eigenvalue weighted by Crippen LogP contribution is -2.18. The molecule has 0 amide bonds. The van der Waals surface area contributed by atoms with E-state index in [0.29, 0.717) is 5.56 Å². The van der Waals surface area contributed by atoms with Crippen LogP contribution in [0.1, 0.15) is 25.3 Å². The van der Waals surface area contributed by atoms with Gasteiger partial charge in [-0.3, -0.25) is 4.79 Å². The number of hydrogen-bond acceptors (Lipinski definition) is 2. The largest absolute Gasteiger partial charge is 0.496 e. The molecule has 1 atom stereocenters. The first-order valence-corrected chi connectivity index (χ1v) is 5.03. The highest BCUT2D eigenvalue weighted by Crippen LogP contribution is 2.32. The summed E-state index contributed by atoms with van der Waals surface area (Å²) in [6, 6.07) is 3.91. The minimum atomic E-state index is -0.931. The van der Waals surface area contributed by atoms with Gasteiger partial charge in [0.2, 0.25) is 0 Å². The van der Waals surface area contributed by atoms with Crippen molar-refractivity contribution < 1.29 is 19.0 Å². The second-order valence-electron chi connectivity index (χ2n) is 3.95. The van der Waals surface area contributed by atoms with Gasteiger partial charge >= 0.3 is 5.97 Å². The number of hydrogen-bond donors (Lipinski definition) is 1. The number of methoxy groups -OCH3 is 1. The molecular formula is C12H15FO3. The predicted octanol–water partition coefficient (Wildman–Crippen LogP) is 2.66. The van der Waals surface area contributed by atoms with Crippen LogP contribution in [0.2, 0.25) is 0 Å². The average molecular weight is 226 g/mol. The van der Waals surface area contributed by atoms with Crippen LogP contribution in [0, 0.1) is 11.7 Å². The Morgan fingerprint density at radius 2 is 2.06 bits per heavy atom. The Bertz CT molecular complexity index is 388. The van der Waals surface area contributed by atoms with Crippen molar-refractivity contribution in [2.75, 3.05) is 7.11 Å². The van der Waals surface area contributed by atoms with Crippen molar-refractivity contribution in [3.05, 3.63) is 29.6 Å². The van der Waals surface area contributed by atoms with E-state index in [2.05, 4.69) is 0 Å². The summed E-state index contributed by atoms with van der Waals surface area (Å²) in [6.07, 6.45) is 0. The lowest BCUT2D eigenvalue weighted by Gasteiger charge is -2.19. The Labute approximate surface area is 93.9 Å². The lowest BCUT2D eigenvalue weighted by atomic mass is 9.88. The molecule has 1 aromatic carbocycles. The van der Waals surface area contributed by atoms with Crippen LogP contribution in [0.25, 0.3) is 0 Å². The molecule has 0 spiro atoms. The third-order valence-electron chi connectivity index (χ3n) is 2.46. The van der Waals surface area contributed by atoms with Crippen molar-refractivity contribution in [2.24, 2.45) is 5.92 Å². The second-order valence-corrected chi connectivity index (χ2v) is 3.95. The highest BCUT2D eigenvalue weighted by molar-refractivity contribution is 5.77. The Morgan fingerprint density at radius 1 is 1.44 bits per heavy atom. The maximum Gasteiger partial charge on any atom is 0.311 e. The Hall–Kier alpha value is -1.58. The molecule has 1 unspecified atom stereocenters. The molecule has 4 heteroatoms. The van der Waals surface area contributed by atoms with E-state index < -0.39 is 17.7 Å². The quantitative estimate of drug-likeness (QED) is 0.858. The molecule has 0 aromatic heterocycles. The fourth-order valence-electron chi connectivity index (χ4n) is 1.72. The highest BCUT2D eigenvalue weighted by Gasteiger charge is 2.26. The molecular weight excluding hydrogens is 211 g/mol. The van der Waals surface area contributed by atoms with Crippen LogP contribution in [-0.2, 0) is 4.79 Å². The number of carbonyl (C=O) groups is 1. The number of carboxylic acids is 1. The smallest absolute Gasteiger partial charge is 0.311 e. The van der Waals surface area contributed by atoms with Crippen molar-refractivity contribution in [2.45, 2.75) is 19.8 Å². The zero-order chi connectivity index (χ0) is 12.3. The van der Waals surface area contributed by atoms with Gasteiger partial charge in [0.05, 0.1) is 13.0 Å². The Balaban J connectivity index is 3.23. The molecule has 1 N–H and O–H groups in total. The number of rotatable bonds is 4. The topological polar surface area (TPSA) is 46.5 Å². The van der Waals surface area contributed by atoms with Crippen molar-refractivity contribution in [1.29, 1.82) is 0 Å². The normalized spacial score (nSPS) is 12.6. The number of halogens is 1. The number of benzene rings is 1. The minimum Gasteiger partial charge on any atom is -0.496 e. The van der Waals surface area contributed by atoms with E-state index in [-0.39, 0.29) is 11.7 Å². The van der Waals surface area contributed by atoms with E-state index in [1.807, 2.05) is 13.8 Å². The van der Waals surface area contributed by atoms with E-state index in [4.69, 9.17) is 9.84 Å². The van der Waals surface area contributed by atoms with Crippen molar-refractivity contribution in [3.63, 3.8) is 0 Å². The summed E-state index contributed by atoms with van der Waals surface area (Å²) in [4.78, 5) is 11.1. The fourth-order valence-corrected chi connectivity index (χ4v) is 1.72. The minimum absolute atomic E-state index is 0.0862. The van der Waals surface area contributed by atoms with Crippen LogP contribution in [-0.4, -0.2) is 18.2 Å². The van der Waals surface area contributed by atoms with Crippen LogP contribution in [0.5, 0.6) is 5.75 Å². The second kappa shape index (κ2) is 4.96. The summed E-state index contributed by atoms with van der Waals surface area (Å²) >= 11 is 0. The van der Waals surface area contributed by atoms with Crippen molar-refractivity contribution >= 4 is 5.97 Å². The summed E-state index contributed by atoms with van der Waals surface area (Å²) in [6.45, 7) is 3.61. The SMILES string of the molecule is COc1cc(F)ccc1C(C(=O)O)C(C)C. The van der Waals surface area contributed by atoms with Gasteiger partial charge in [-0.25, -0.2) is 4.39 Å². The molecule has 1 rings (SSSR count). The third kappa shape index (κ3) is 2.51. The number of carboxylic acid groups (broad SMARTS) is 1. The summed E-state index contributed by atoms with van der Waals surface area (Å²) in [5.41, 5.74) is 0.506. The predicted molar refractivity (Wildman–Crippen MR) is 58.2 cm³/mol. The average Bonchev–Trinajstić information content (AvgIpc) is 2.19. The molecule has 16 heavy (non-hydrogen) atoms. The zero-order valence-electron chi connectivity index (χ0n) is 9.53. The van der Waals surface area contributed by atoms with Crippen LogP contribution in [0.15, 0.2) is 18.2 Å². The first kappa shape index (κ1) is 12.5. The molecule has 0 aliphatic carbocycles. The van der Waals surface area contributed by atoms with E-state index in [1.165, 1.54) is 25.3 Å². The molecule has 0 bridgehead atoms. The lowest BCUT2D eigenvalue weighted by molar-refractivity contribution is -0.139. The van der Waals surface area contributed by atoms with Gasteiger partial charge in [0.1, 0.15) is 11.6 Å². The number of aliphatic carboxylic acids is 1. The highest BCUT2D eigenvalue weighted by atomic mass is 19.1. The maximum absolute atomic E-state index is 13.0. The van der Waals surface area contributed by atoms with Gasteiger partial charge in [0.15, 0.2) is 0 Å². The molecule has 0 aliphatic heterocycles. The van der Waals surface area contributed by atoms with Gasteiger partial charge < -0.3 is 9.84 Å². The Morgan fingerprint density at radius 3 is 2.50 bits per heavy atom. The van der Waals surface area contributed by atoms with Gasteiger partial charge in [0.25, 0.3) is 0 Å². The summed E-state index contributed by atoms with van der Waals surface area (Å²) in [5.74, 6) is -1.86. The van der Waals surface area contributed by atoms with Gasteiger partial charge in [-0.1, -0.05) is 19.9 Å². The van der Waals surface area contributed by atoms with Gasteiger partial charge in [-0.05, 0) is 12.0 Å². The maximum atomic E-state index is 13.0. The summed E-state index contributed by atoms with van der Waals surface area (Å²) in [5, 5.41) is 9.14.